The van der Waals surface area contributed by atoms with Crippen molar-refractivity contribution in [3.05, 3.63) is 69.7 Å². The van der Waals surface area contributed by atoms with Gasteiger partial charge in [-0.15, -0.1) is 6.58 Å². The second kappa shape index (κ2) is 11.5. The van der Waals surface area contributed by atoms with E-state index in [0.29, 0.717) is 22.6 Å². The number of nitrogens with zero attached hydrogens (tertiary/aromatic N) is 1. The third kappa shape index (κ3) is 6.48. The molecule has 3 N–H and O–H groups in total. The molecule has 0 fully saturated rings. The number of phenols is 1. The smallest absolute Gasteiger partial charge is 0.262 e. The van der Waals surface area contributed by atoms with Crippen LogP contribution < -0.4 is 15.5 Å². The first-order valence-electron chi connectivity index (χ1n) is 9.77. The van der Waals surface area contributed by atoms with Crippen molar-refractivity contribution in [2.45, 2.75) is 26.3 Å². The summed E-state index contributed by atoms with van der Waals surface area (Å²) in [5.41, 5.74) is 3.94. The average Bonchev–Trinajstić information content (AvgIpc) is 2.75. The molecule has 7 nitrogen and oxygen atoms in total. The maximum atomic E-state index is 12.6. The van der Waals surface area contributed by atoms with E-state index in [1.165, 1.54) is 31.5 Å². The van der Waals surface area contributed by atoms with Gasteiger partial charge in [-0.25, -0.2) is 5.43 Å². The van der Waals surface area contributed by atoms with Crippen molar-refractivity contribution in [1.82, 2.24) is 10.7 Å². The summed E-state index contributed by atoms with van der Waals surface area (Å²) in [5, 5.41) is 17.4. The first-order valence-corrected chi connectivity index (χ1v) is 10.5. The Bertz CT molecular complexity index is 1040. The summed E-state index contributed by atoms with van der Waals surface area (Å²) < 4.78 is 5.17. The van der Waals surface area contributed by atoms with Crippen LogP contribution in [0.5, 0.6) is 11.5 Å². The molecule has 9 heteroatoms. The van der Waals surface area contributed by atoms with Crippen LogP contribution in [0.2, 0.25) is 10.0 Å². The molecular weight excluding hydrogens is 453 g/mol. The molecular formula is C23H25Cl2N3O4. The topological polar surface area (TPSA) is 100 Å². The third-order valence-corrected chi connectivity index (χ3v) is 5.31. The molecule has 0 aliphatic heterocycles. The van der Waals surface area contributed by atoms with Crippen molar-refractivity contribution in [2.75, 3.05) is 7.11 Å². The van der Waals surface area contributed by atoms with Gasteiger partial charge in [0.2, 0.25) is 0 Å². The monoisotopic (exact) mass is 477 g/mol. The number of rotatable bonds is 9. The van der Waals surface area contributed by atoms with Crippen LogP contribution in [0.1, 0.15) is 35.3 Å². The molecule has 0 radical (unpaired) electrons. The number of carbonyl (C=O) groups excluding carboxylic acids is 2. The Labute approximate surface area is 197 Å². The quantitative estimate of drug-likeness (QED) is 0.284. The number of methoxy groups -OCH3 is 1. The lowest BCUT2D eigenvalue weighted by Crippen LogP contribution is -2.48. The fourth-order valence-electron chi connectivity index (χ4n) is 2.87. The Morgan fingerprint density at radius 2 is 1.94 bits per heavy atom. The first-order chi connectivity index (χ1) is 15.2. The number of hydrogen-bond acceptors (Lipinski definition) is 5. The van der Waals surface area contributed by atoms with Crippen LogP contribution in [0.15, 0.2) is 48.1 Å². The number of aromatic hydroxyl groups is 1. The zero-order chi connectivity index (χ0) is 23.8. The van der Waals surface area contributed by atoms with E-state index < -0.39 is 17.9 Å². The summed E-state index contributed by atoms with van der Waals surface area (Å²) in [5.74, 6) is -0.838. The maximum absolute atomic E-state index is 12.6. The lowest BCUT2D eigenvalue weighted by Gasteiger charge is -2.20. The molecule has 2 amide bonds. The maximum Gasteiger partial charge on any atom is 0.262 e. The largest absolute Gasteiger partial charge is 0.504 e. The summed E-state index contributed by atoms with van der Waals surface area (Å²) in [7, 11) is 1.44. The summed E-state index contributed by atoms with van der Waals surface area (Å²) in [6.45, 7) is 7.27. The molecule has 32 heavy (non-hydrogen) atoms. The SMILES string of the molecule is C=CCc1cc(/C=N/NC(=O)C(NC(=O)c2ccc(Cl)c(Cl)c2)C(C)C)cc(OC)c1O. The summed E-state index contributed by atoms with van der Waals surface area (Å²) in [6.07, 6.45) is 3.51. The van der Waals surface area contributed by atoms with Crippen LogP contribution >= 0.6 is 23.2 Å². The molecule has 2 aromatic rings. The van der Waals surface area contributed by atoms with Gasteiger partial charge in [0.15, 0.2) is 11.5 Å². The Hall–Kier alpha value is -3.03. The minimum absolute atomic E-state index is 0.0264. The van der Waals surface area contributed by atoms with Crippen molar-refractivity contribution in [3.8, 4) is 11.5 Å². The van der Waals surface area contributed by atoms with E-state index in [1.54, 1.807) is 32.1 Å². The molecule has 2 aromatic carbocycles. The van der Waals surface area contributed by atoms with Gasteiger partial charge in [-0.2, -0.15) is 5.10 Å². The van der Waals surface area contributed by atoms with E-state index in [-0.39, 0.29) is 28.0 Å². The number of hydrogen-bond donors (Lipinski definition) is 3. The minimum Gasteiger partial charge on any atom is -0.504 e. The van der Waals surface area contributed by atoms with Gasteiger partial charge >= 0.3 is 0 Å². The van der Waals surface area contributed by atoms with Crippen LogP contribution in [0.3, 0.4) is 0 Å². The number of amides is 2. The third-order valence-electron chi connectivity index (χ3n) is 4.57. The van der Waals surface area contributed by atoms with E-state index in [0.717, 1.165) is 0 Å². The van der Waals surface area contributed by atoms with Gasteiger partial charge < -0.3 is 15.2 Å². The number of nitrogens with one attached hydrogen (secondary N) is 2. The van der Waals surface area contributed by atoms with Gasteiger partial charge in [0.1, 0.15) is 6.04 Å². The van der Waals surface area contributed by atoms with Crippen molar-refractivity contribution in [2.24, 2.45) is 11.0 Å². The fourth-order valence-corrected chi connectivity index (χ4v) is 3.17. The van der Waals surface area contributed by atoms with Gasteiger partial charge in [0.25, 0.3) is 11.8 Å². The molecule has 0 saturated heterocycles. The predicted molar refractivity (Wildman–Crippen MR) is 127 cm³/mol. The number of carbonyl (C=O) groups is 2. The molecule has 1 atom stereocenters. The van der Waals surface area contributed by atoms with Gasteiger partial charge in [-0.3, -0.25) is 9.59 Å². The zero-order valence-corrected chi connectivity index (χ0v) is 19.5. The standard InChI is InChI=1S/C23H25Cl2N3O4/c1-5-6-15-9-14(10-19(32-4)21(15)29)12-26-28-23(31)20(13(2)3)27-22(30)16-7-8-17(24)18(25)11-16/h5,7-13,20,29H,1,6H2,2-4H3,(H,27,30)(H,28,31)/b26-12+. The highest BCUT2D eigenvalue weighted by Gasteiger charge is 2.24. The molecule has 2 rings (SSSR count). The van der Waals surface area contributed by atoms with Gasteiger partial charge in [-0.05, 0) is 48.2 Å². The van der Waals surface area contributed by atoms with Crippen LogP contribution in [0, 0.1) is 5.92 Å². The molecule has 0 bridgehead atoms. The fraction of sp³-hybridized carbons (Fsp3) is 0.261. The van der Waals surface area contributed by atoms with Crippen molar-refractivity contribution in [3.63, 3.8) is 0 Å². The Kier molecular flexibility index (Phi) is 9.11. The van der Waals surface area contributed by atoms with Crippen molar-refractivity contribution in [1.29, 1.82) is 0 Å². The Balaban J connectivity index is 2.12. The number of ether oxygens (including phenoxy) is 1. The highest BCUT2D eigenvalue weighted by Crippen LogP contribution is 2.31. The number of benzene rings is 2. The average molecular weight is 478 g/mol. The van der Waals surface area contributed by atoms with Crippen LogP contribution in [-0.2, 0) is 11.2 Å². The summed E-state index contributed by atoms with van der Waals surface area (Å²) in [4.78, 5) is 25.2. The molecule has 0 aliphatic carbocycles. The van der Waals surface area contributed by atoms with E-state index >= 15 is 0 Å². The number of halogens is 2. The lowest BCUT2D eigenvalue weighted by molar-refractivity contribution is -0.123. The number of hydrazone groups is 1. The minimum atomic E-state index is -0.834. The van der Waals surface area contributed by atoms with Crippen molar-refractivity contribution >= 4 is 41.2 Å². The zero-order valence-electron chi connectivity index (χ0n) is 18.0. The van der Waals surface area contributed by atoms with E-state index in [1.807, 2.05) is 0 Å². The second-order valence-electron chi connectivity index (χ2n) is 7.28. The van der Waals surface area contributed by atoms with Crippen LogP contribution in [0.25, 0.3) is 0 Å². The normalized spacial score (nSPS) is 11.9. The van der Waals surface area contributed by atoms with Gasteiger partial charge in [0.05, 0.1) is 23.4 Å². The van der Waals surface area contributed by atoms with Crippen molar-refractivity contribution < 1.29 is 19.4 Å². The second-order valence-corrected chi connectivity index (χ2v) is 8.10. The van der Waals surface area contributed by atoms with E-state index in [4.69, 9.17) is 27.9 Å². The molecule has 0 saturated carbocycles. The molecule has 0 aliphatic rings. The molecule has 1 unspecified atom stereocenters. The van der Waals surface area contributed by atoms with Crippen LogP contribution in [0.4, 0.5) is 0 Å². The van der Waals surface area contributed by atoms with E-state index in [2.05, 4.69) is 22.4 Å². The van der Waals surface area contributed by atoms with Crippen LogP contribution in [-0.4, -0.2) is 36.3 Å². The Morgan fingerprint density at radius 1 is 1.22 bits per heavy atom. The summed E-state index contributed by atoms with van der Waals surface area (Å²) >= 11 is 11.9. The number of phenolic OH excluding ortho intramolecular Hbond substituents is 1. The lowest BCUT2D eigenvalue weighted by atomic mass is 10.0. The summed E-state index contributed by atoms with van der Waals surface area (Å²) in [6, 6.07) is 6.94. The van der Waals surface area contributed by atoms with E-state index in [9.17, 15) is 14.7 Å². The number of allylic oxidation sites excluding steroid dienone is 1. The first kappa shape index (κ1) is 25.2. The highest BCUT2D eigenvalue weighted by atomic mass is 35.5. The Morgan fingerprint density at radius 3 is 2.53 bits per heavy atom. The molecule has 0 aromatic heterocycles. The highest BCUT2D eigenvalue weighted by molar-refractivity contribution is 6.42. The molecule has 0 spiro atoms. The molecule has 170 valence electrons. The predicted octanol–water partition coefficient (Wildman–Crippen LogP) is 4.34. The van der Waals surface area contributed by atoms with Gasteiger partial charge in [-0.1, -0.05) is 43.1 Å². The van der Waals surface area contributed by atoms with Gasteiger partial charge in [0, 0.05) is 11.1 Å². The molecule has 0 heterocycles.